The van der Waals surface area contributed by atoms with E-state index < -0.39 is 0 Å². The van der Waals surface area contributed by atoms with Crippen LogP contribution in [0.3, 0.4) is 0 Å². The number of aromatic nitrogens is 1. The second-order valence-corrected chi connectivity index (χ2v) is 5.56. The Morgan fingerprint density at radius 1 is 1.44 bits per heavy atom. The monoisotopic (exact) mass is 296 g/mol. The number of nitrogens with one attached hydrogen (secondary N) is 1. The highest BCUT2D eigenvalue weighted by Gasteiger charge is 2.08. The molecule has 84 valence electrons. The molecule has 0 aliphatic heterocycles. The number of hydrogen-bond acceptors (Lipinski definition) is 3. The molecule has 1 atom stereocenters. The van der Waals surface area contributed by atoms with Gasteiger partial charge >= 0.3 is 0 Å². The van der Waals surface area contributed by atoms with Crippen LogP contribution in [0.25, 0.3) is 0 Å². The molecule has 4 heteroatoms. The number of hydrogen-bond donors (Lipinski definition) is 1. The molecule has 0 spiro atoms. The molecule has 2 nitrogen and oxygen atoms in total. The number of benzene rings is 1. The van der Waals surface area contributed by atoms with Crippen molar-refractivity contribution in [1.29, 1.82) is 0 Å². The Labute approximate surface area is 108 Å². The van der Waals surface area contributed by atoms with Crippen molar-refractivity contribution in [3.63, 3.8) is 0 Å². The van der Waals surface area contributed by atoms with E-state index in [0.29, 0.717) is 6.04 Å². The van der Waals surface area contributed by atoms with Gasteiger partial charge in [-0.15, -0.1) is 11.3 Å². The van der Waals surface area contributed by atoms with E-state index in [9.17, 15) is 0 Å². The molecule has 0 fully saturated rings. The first kappa shape index (κ1) is 11.6. The summed E-state index contributed by atoms with van der Waals surface area (Å²) in [5.41, 5.74) is 4.27. The summed E-state index contributed by atoms with van der Waals surface area (Å²) < 4.78 is 1.11. The van der Waals surface area contributed by atoms with Gasteiger partial charge in [0.15, 0.2) is 0 Å². The van der Waals surface area contributed by atoms with E-state index in [0.717, 1.165) is 4.47 Å². The average Bonchev–Trinajstić information content (AvgIpc) is 2.75. The SMILES string of the molecule is Cc1cc(Br)ccc1NC(C)c1cncs1. The Kier molecular flexibility index (Phi) is 3.61. The molecular weight excluding hydrogens is 284 g/mol. The van der Waals surface area contributed by atoms with Crippen LogP contribution in [-0.2, 0) is 0 Å². The highest BCUT2D eigenvalue weighted by atomic mass is 79.9. The van der Waals surface area contributed by atoms with Gasteiger partial charge in [-0.2, -0.15) is 0 Å². The number of thiazole rings is 1. The van der Waals surface area contributed by atoms with Crippen molar-refractivity contribution < 1.29 is 0 Å². The Morgan fingerprint density at radius 2 is 2.25 bits per heavy atom. The predicted octanol–water partition coefficient (Wildman–Crippen LogP) is 4.39. The molecule has 0 bridgehead atoms. The molecule has 1 aromatic carbocycles. The fourth-order valence-corrected chi connectivity index (χ4v) is 2.64. The summed E-state index contributed by atoms with van der Waals surface area (Å²) in [5, 5.41) is 3.49. The molecule has 0 aliphatic rings. The largest absolute Gasteiger partial charge is 0.377 e. The van der Waals surface area contributed by atoms with Crippen LogP contribution in [0.1, 0.15) is 23.4 Å². The topological polar surface area (TPSA) is 24.9 Å². The van der Waals surface area contributed by atoms with E-state index in [1.807, 2.05) is 11.7 Å². The summed E-state index contributed by atoms with van der Waals surface area (Å²) in [5.74, 6) is 0. The molecule has 0 radical (unpaired) electrons. The smallest absolute Gasteiger partial charge is 0.0795 e. The zero-order valence-corrected chi connectivity index (χ0v) is 11.6. The van der Waals surface area contributed by atoms with Crippen LogP contribution in [0.4, 0.5) is 5.69 Å². The highest BCUT2D eigenvalue weighted by molar-refractivity contribution is 9.10. The standard InChI is InChI=1S/C12H13BrN2S/c1-8-5-10(13)3-4-11(8)15-9(2)12-6-14-7-16-12/h3-7,9,15H,1-2H3. The summed E-state index contributed by atoms with van der Waals surface area (Å²) in [6.45, 7) is 4.25. The summed E-state index contributed by atoms with van der Waals surface area (Å²) in [7, 11) is 0. The van der Waals surface area contributed by atoms with Crippen LogP contribution >= 0.6 is 27.3 Å². The van der Waals surface area contributed by atoms with Gasteiger partial charge in [-0.05, 0) is 37.6 Å². The van der Waals surface area contributed by atoms with Gasteiger partial charge in [0, 0.05) is 21.2 Å². The molecule has 1 heterocycles. The molecule has 2 aromatic rings. The zero-order chi connectivity index (χ0) is 11.5. The van der Waals surface area contributed by atoms with Crippen molar-refractivity contribution >= 4 is 33.0 Å². The molecule has 2 rings (SSSR count). The van der Waals surface area contributed by atoms with Crippen molar-refractivity contribution in [1.82, 2.24) is 4.98 Å². The Balaban J connectivity index is 2.15. The molecule has 0 amide bonds. The third-order valence-electron chi connectivity index (χ3n) is 2.44. The molecular formula is C12H13BrN2S. The number of anilines is 1. The predicted molar refractivity (Wildman–Crippen MR) is 73.0 cm³/mol. The van der Waals surface area contributed by atoms with Gasteiger partial charge in [-0.1, -0.05) is 15.9 Å². The van der Waals surface area contributed by atoms with Gasteiger partial charge in [0.2, 0.25) is 0 Å². The van der Waals surface area contributed by atoms with E-state index in [2.05, 4.69) is 58.3 Å². The molecule has 1 aromatic heterocycles. The third kappa shape index (κ3) is 2.62. The number of nitrogens with zero attached hydrogens (tertiary/aromatic N) is 1. The van der Waals surface area contributed by atoms with Crippen LogP contribution in [0.15, 0.2) is 34.4 Å². The van der Waals surface area contributed by atoms with Gasteiger partial charge in [0.25, 0.3) is 0 Å². The second kappa shape index (κ2) is 4.97. The molecule has 0 saturated heterocycles. The van der Waals surface area contributed by atoms with Crippen LogP contribution < -0.4 is 5.32 Å². The summed E-state index contributed by atoms with van der Waals surface area (Å²) in [4.78, 5) is 5.34. The number of halogens is 1. The van der Waals surface area contributed by atoms with Crippen molar-refractivity contribution in [3.05, 3.63) is 44.8 Å². The number of rotatable bonds is 3. The normalized spacial score (nSPS) is 12.4. The van der Waals surface area contributed by atoms with E-state index in [-0.39, 0.29) is 0 Å². The number of aryl methyl sites for hydroxylation is 1. The minimum atomic E-state index is 0.298. The summed E-state index contributed by atoms with van der Waals surface area (Å²) in [6, 6.07) is 6.56. The summed E-state index contributed by atoms with van der Waals surface area (Å²) >= 11 is 5.14. The van der Waals surface area contributed by atoms with Crippen LogP contribution in [0.5, 0.6) is 0 Å². The Bertz CT molecular complexity index is 468. The van der Waals surface area contributed by atoms with Gasteiger partial charge in [0.05, 0.1) is 11.6 Å². The second-order valence-electron chi connectivity index (χ2n) is 3.73. The van der Waals surface area contributed by atoms with Crippen LogP contribution in [0.2, 0.25) is 0 Å². The van der Waals surface area contributed by atoms with E-state index >= 15 is 0 Å². The van der Waals surface area contributed by atoms with Crippen molar-refractivity contribution in [2.45, 2.75) is 19.9 Å². The van der Waals surface area contributed by atoms with Crippen molar-refractivity contribution in [2.24, 2.45) is 0 Å². The van der Waals surface area contributed by atoms with E-state index in [1.54, 1.807) is 11.3 Å². The molecule has 0 aliphatic carbocycles. The molecule has 0 saturated carbocycles. The molecule has 1 N–H and O–H groups in total. The maximum atomic E-state index is 4.09. The van der Waals surface area contributed by atoms with Gasteiger partial charge in [-0.3, -0.25) is 4.98 Å². The zero-order valence-electron chi connectivity index (χ0n) is 9.20. The lowest BCUT2D eigenvalue weighted by Crippen LogP contribution is -2.05. The maximum Gasteiger partial charge on any atom is 0.0795 e. The Hall–Kier alpha value is -0.870. The highest BCUT2D eigenvalue weighted by Crippen LogP contribution is 2.25. The third-order valence-corrected chi connectivity index (χ3v) is 3.89. The van der Waals surface area contributed by atoms with Crippen LogP contribution in [-0.4, -0.2) is 4.98 Å². The lowest BCUT2D eigenvalue weighted by molar-refractivity contribution is 0.901. The van der Waals surface area contributed by atoms with Crippen LogP contribution in [0, 0.1) is 6.92 Å². The summed E-state index contributed by atoms with van der Waals surface area (Å²) in [6.07, 6.45) is 1.91. The van der Waals surface area contributed by atoms with Gasteiger partial charge in [-0.25, -0.2) is 0 Å². The first-order valence-corrected chi connectivity index (χ1v) is 6.75. The lowest BCUT2D eigenvalue weighted by atomic mass is 10.2. The Morgan fingerprint density at radius 3 is 2.88 bits per heavy atom. The molecule has 1 unspecified atom stereocenters. The fourth-order valence-electron chi connectivity index (χ4n) is 1.53. The van der Waals surface area contributed by atoms with Gasteiger partial charge in [0.1, 0.15) is 0 Å². The first-order valence-electron chi connectivity index (χ1n) is 5.08. The van der Waals surface area contributed by atoms with E-state index in [1.165, 1.54) is 16.1 Å². The minimum Gasteiger partial charge on any atom is -0.377 e. The van der Waals surface area contributed by atoms with E-state index in [4.69, 9.17) is 0 Å². The fraction of sp³-hybridized carbons (Fsp3) is 0.250. The lowest BCUT2D eigenvalue weighted by Gasteiger charge is -2.15. The van der Waals surface area contributed by atoms with Crippen molar-refractivity contribution in [3.8, 4) is 0 Å². The first-order chi connectivity index (χ1) is 7.66. The van der Waals surface area contributed by atoms with Gasteiger partial charge < -0.3 is 5.32 Å². The molecule has 16 heavy (non-hydrogen) atoms. The van der Waals surface area contributed by atoms with Crippen molar-refractivity contribution in [2.75, 3.05) is 5.32 Å². The minimum absolute atomic E-state index is 0.298. The maximum absolute atomic E-state index is 4.09. The average molecular weight is 297 g/mol. The quantitative estimate of drug-likeness (QED) is 0.909.